The molecule has 3 aromatic rings. The smallest absolute Gasteiger partial charge is 0.315 e. The first kappa shape index (κ1) is 25.2. The van der Waals surface area contributed by atoms with E-state index in [1.165, 1.54) is 0 Å². The summed E-state index contributed by atoms with van der Waals surface area (Å²) in [6.07, 6.45) is 1.66. The minimum absolute atomic E-state index is 0.00974. The number of amides is 2. The van der Waals surface area contributed by atoms with Gasteiger partial charge in [-0.25, -0.2) is 4.79 Å². The Kier molecular flexibility index (Phi) is 8.75. The molecule has 0 aliphatic carbocycles. The van der Waals surface area contributed by atoms with E-state index in [4.69, 9.17) is 9.47 Å². The van der Waals surface area contributed by atoms with Crippen molar-refractivity contribution in [2.75, 3.05) is 12.3 Å². The van der Waals surface area contributed by atoms with Crippen molar-refractivity contribution in [1.29, 1.82) is 0 Å². The lowest BCUT2D eigenvalue weighted by atomic mass is 10.0. The molecule has 9 nitrogen and oxygen atoms in total. The molecule has 1 saturated heterocycles. The third-order valence-electron chi connectivity index (χ3n) is 5.73. The number of thioether (sulfide) groups is 1. The molecule has 0 saturated carbocycles. The lowest BCUT2D eigenvalue weighted by molar-refractivity contribution is -0.245. The Balaban J connectivity index is 1.47. The van der Waals surface area contributed by atoms with Gasteiger partial charge in [0.25, 0.3) is 0 Å². The van der Waals surface area contributed by atoms with Crippen molar-refractivity contribution in [1.82, 2.24) is 25.4 Å². The van der Waals surface area contributed by atoms with Gasteiger partial charge in [0, 0.05) is 37.9 Å². The third kappa shape index (κ3) is 6.82. The van der Waals surface area contributed by atoms with Crippen LogP contribution in [0.4, 0.5) is 4.79 Å². The van der Waals surface area contributed by atoms with Crippen LogP contribution in [0, 0.1) is 0 Å². The van der Waals surface area contributed by atoms with Gasteiger partial charge in [0.2, 0.25) is 0 Å². The van der Waals surface area contributed by atoms with E-state index in [-0.39, 0.29) is 24.8 Å². The van der Waals surface area contributed by atoms with Gasteiger partial charge in [0.05, 0.1) is 18.8 Å². The Morgan fingerprint density at radius 2 is 1.80 bits per heavy atom. The van der Waals surface area contributed by atoms with Gasteiger partial charge in [0.15, 0.2) is 11.4 Å². The number of aliphatic hydroxyl groups excluding tert-OH is 1. The summed E-state index contributed by atoms with van der Waals surface area (Å²) in [5.74, 6) is 0.714. The van der Waals surface area contributed by atoms with Crippen LogP contribution in [0.1, 0.15) is 48.0 Å². The number of carbonyl (C=O) groups excluding carboxylic acids is 1. The monoisotopic (exact) mass is 497 g/mol. The number of nitrogens with zero attached hydrogens (tertiary/aromatic N) is 3. The molecular weight excluding hydrogens is 466 g/mol. The molecule has 2 aromatic carbocycles. The highest BCUT2D eigenvalue weighted by molar-refractivity contribution is 7.99. The summed E-state index contributed by atoms with van der Waals surface area (Å²) in [5, 5.41) is 23.9. The first-order valence-corrected chi connectivity index (χ1v) is 12.6. The molecule has 0 spiro atoms. The summed E-state index contributed by atoms with van der Waals surface area (Å²) in [6, 6.07) is 15.5. The maximum atomic E-state index is 11.7. The van der Waals surface area contributed by atoms with Gasteiger partial charge in [0.1, 0.15) is 6.33 Å². The normalized spacial score (nSPS) is 19.9. The van der Waals surface area contributed by atoms with Crippen molar-refractivity contribution < 1.29 is 19.4 Å². The van der Waals surface area contributed by atoms with Crippen molar-refractivity contribution in [2.24, 2.45) is 7.05 Å². The zero-order chi connectivity index (χ0) is 24.6. The van der Waals surface area contributed by atoms with E-state index in [2.05, 4.69) is 20.8 Å². The van der Waals surface area contributed by atoms with Crippen LogP contribution in [0.3, 0.4) is 0 Å². The fourth-order valence-corrected chi connectivity index (χ4v) is 4.70. The van der Waals surface area contributed by atoms with Crippen LogP contribution in [0.5, 0.6) is 0 Å². The molecule has 186 valence electrons. The largest absolute Gasteiger partial charge is 0.392 e. The number of carbonyl (C=O) groups is 1. The summed E-state index contributed by atoms with van der Waals surface area (Å²) < 4.78 is 14.6. The molecule has 10 heteroatoms. The van der Waals surface area contributed by atoms with E-state index < -0.39 is 6.29 Å². The molecule has 1 aromatic heterocycles. The van der Waals surface area contributed by atoms with E-state index in [1.54, 1.807) is 18.1 Å². The van der Waals surface area contributed by atoms with E-state index >= 15 is 0 Å². The standard InChI is InChI=1S/C25H31N5O4S/c1-3-26-24(32)27-13-17-4-10-20(11-5-17)23-33-21(15-35-25-29-28-16-30(25)2)12-22(34-23)19-8-6-18(14-31)7-9-19/h4-11,16,21-23,31H,3,12-15H2,1-2H3,(H2,26,27,32)/t21-,22+,23+/m0/s1. The molecule has 4 rings (SSSR count). The molecule has 1 aliphatic heterocycles. The SMILES string of the molecule is CCNC(=O)NCc1ccc([C@@H]2O[C@H](CSc3nncn3C)C[C@H](c3ccc(CO)cc3)O2)cc1. The predicted octanol–water partition coefficient (Wildman–Crippen LogP) is 3.46. The molecule has 2 heterocycles. The van der Waals surface area contributed by atoms with Crippen LogP contribution in [0.25, 0.3) is 0 Å². The number of urea groups is 1. The topological polar surface area (TPSA) is 111 Å². The third-order valence-corrected chi connectivity index (χ3v) is 6.89. The van der Waals surface area contributed by atoms with Crippen molar-refractivity contribution in [2.45, 2.75) is 50.2 Å². The van der Waals surface area contributed by atoms with Crippen molar-refractivity contribution >= 4 is 17.8 Å². The molecule has 1 aliphatic rings. The fraction of sp³-hybridized carbons (Fsp3) is 0.400. The lowest BCUT2D eigenvalue weighted by Crippen LogP contribution is -2.34. The molecular formula is C25H31N5O4S. The Morgan fingerprint density at radius 3 is 2.46 bits per heavy atom. The molecule has 3 N–H and O–H groups in total. The van der Waals surface area contributed by atoms with Crippen molar-refractivity contribution in [3.8, 4) is 0 Å². The van der Waals surface area contributed by atoms with Gasteiger partial charge in [-0.15, -0.1) is 10.2 Å². The number of aromatic nitrogens is 3. The zero-order valence-corrected chi connectivity index (χ0v) is 20.7. The highest BCUT2D eigenvalue weighted by Gasteiger charge is 2.32. The van der Waals surface area contributed by atoms with Crippen LogP contribution in [-0.2, 0) is 29.7 Å². The minimum Gasteiger partial charge on any atom is -0.392 e. The Morgan fingerprint density at radius 1 is 1.09 bits per heavy atom. The van der Waals surface area contributed by atoms with E-state index in [0.29, 0.717) is 25.3 Å². The highest BCUT2D eigenvalue weighted by atomic mass is 32.2. The van der Waals surface area contributed by atoms with Crippen LogP contribution in [0.2, 0.25) is 0 Å². The van der Waals surface area contributed by atoms with Gasteiger partial charge >= 0.3 is 6.03 Å². The maximum Gasteiger partial charge on any atom is 0.315 e. The summed E-state index contributed by atoms with van der Waals surface area (Å²) in [7, 11) is 1.92. The van der Waals surface area contributed by atoms with Crippen molar-refractivity contribution in [3.05, 3.63) is 77.1 Å². The Bertz CT molecular complexity index is 1090. The van der Waals surface area contributed by atoms with Crippen LogP contribution in [-0.4, -0.2) is 44.3 Å². The number of nitrogens with one attached hydrogen (secondary N) is 2. The van der Waals surface area contributed by atoms with Gasteiger partial charge < -0.3 is 29.8 Å². The second-order valence-corrected chi connectivity index (χ2v) is 9.33. The number of ether oxygens (including phenoxy) is 2. The van der Waals surface area contributed by atoms with E-state index in [9.17, 15) is 9.90 Å². The van der Waals surface area contributed by atoms with Gasteiger partial charge in [-0.05, 0) is 23.6 Å². The van der Waals surface area contributed by atoms with Crippen LogP contribution in [0.15, 0.2) is 60.0 Å². The molecule has 35 heavy (non-hydrogen) atoms. The van der Waals surface area contributed by atoms with Gasteiger partial charge in [-0.3, -0.25) is 0 Å². The second-order valence-electron chi connectivity index (χ2n) is 8.34. The quantitative estimate of drug-likeness (QED) is 0.388. The van der Waals surface area contributed by atoms with E-state index in [0.717, 1.165) is 27.4 Å². The molecule has 0 bridgehead atoms. The fourth-order valence-electron chi connectivity index (χ4n) is 3.79. The van der Waals surface area contributed by atoms with E-state index in [1.807, 2.05) is 67.1 Å². The average molecular weight is 498 g/mol. The molecule has 0 unspecified atom stereocenters. The highest BCUT2D eigenvalue weighted by Crippen LogP contribution is 2.39. The summed E-state index contributed by atoms with van der Waals surface area (Å²) in [4.78, 5) is 11.7. The first-order chi connectivity index (χ1) is 17.1. The van der Waals surface area contributed by atoms with Crippen molar-refractivity contribution in [3.63, 3.8) is 0 Å². The Hall–Kier alpha value is -2.92. The second kappa shape index (κ2) is 12.2. The first-order valence-electron chi connectivity index (χ1n) is 11.6. The lowest BCUT2D eigenvalue weighted by Gasteiger charge is -2.36. The number of benzene rings is 2. The summed E-state index contributed by atoms with van der Waals surface area (Å²) in [5.41, 5.74) is 3.81. The molecule has 0 radical (unpaired) electrons. The number of rotatable bonds is 9. The number of hydrogen-bond acceptors (Lipinski definition) is 7. The maximum absolute atomic E-state index is 11.7. The van der Waals surface area contributed by atoms with Gasteiger partial charge in [-0.1, -0.05) is 60.3 Å². The van der Waals surface area contributed by atoms with Crippen LogP contribution >= 0.6 is 11.8 Å². The zero-order valence-electron chi connectivity index (χ0n) is 19.9. The summed E-state index contributed by atoms with van der Waals surface area (Å²) >= 11 is 1.61. The molecule has 1 fully saturated rings. The molecule has 2 amide bonds. The Labute approximate surface area is 209 Å². The number of aryl methyl sites for hydroxylation is 1. The molecule has 3 atom stereocenters. The predicted molar refractivity (Wildman–Crippen MR) is 133 cm³/mol. The number of aliphatic hydroxyl groups is 1. The number of hydrogen-bond donors (Lipinski definition) is 3. The van der Waals surface area contributed by atoms with Gasteiger partial charge in [-0.2, -0.15) is 0 Å². The average Bonchev–Trinajstić information content (AvgIpc) is 3.31. The summed E-state index contributed by atoms with van der Waals surface area (Å²) in [6.45, 7) is 2.91. The minimum atomic E-state index is -0.526. The van der Waals surface area contributed by atoms with Crippen LogP contribution < -0.4 is 10.6 Å².